The molecular formula is C39H44N8O7. The molecule has 0 saturated heterocycles. The van der Waals surface area contributed by atoms with E-state index in [1.807, 2.05) is 80.6 Å². The Morgan fingerprint density at radius 1 is 0.889 bits per heavy atom. The van der Waals surface area contributed by atoms with Gasteiger partial charge in [0.05, 0.1) is 18.9 Å². The number of nitrogens with zero attached hydrogens (tertiary/aromatic N) is 4. The molecule has 0 unspecified atom stereocenters. The third-order valence-corrected chi connectivity index (χ3v) is 8.08. The second-order valence-electron chi connectivity index (χ2n) is 13.7. The van der Waals surface area contributed by atoms with Crippen LogP contribution in [0.15, 0.2) is 90.0 Å². The van der Waals surface area contributed by atoms with Crippen molar-refractivity contribution in [3.63, 3.8) is 0 Å². The molecule has 54 heavy (non-hydrogen) atoms. The number of fused-ring (bicyclic) bond motifs is 1. The molecule has 0 fully saturated rings. The highest BCUT2D eigenvalue weighted by atomic mass is 16.6. The lowest BCUT2D eigenvalue weighted by Gasteiger charge is -2.26. The average Bonchev–Trinajstić information content (AvgIpc) is 3.52. The fraction of sp³-hybridized carbons (Fsp3) is 0.308. The molecule has 5 aromatic rings. The van der Waals surface area contributed by atoms with E-state index in [-0.39, 0.29) is 49.9 Å². The Labute approximate surface area is 312 Å². The Bertz CT molecular complexity index is 2100. The van der Waals surface area contributed by atoms with Crippen LogP contribution in [-0.2, 0) is 32.2 Å². The number of amides is 4. The summed E-state index contributed by atoms with van der Waals surface area (Å²) in [5.41, 5.74) is 3.17. The number of imidazole rings is 1. The Balaban J connectivity index is 1.33. The van der Waals surface area contributed by atoms with Crippen LogP contribution < -0.4 is 21.5 Å². The molecule has 0 aliphatic carbocycles. The summed E-state index contributed by atoms with van der Waals surface area (Å²) in [7, 11) is 0. The van der Waals surface area contributed by atoms with Gasteiger partial charge in [0.25, 0.3) is 5.56 Å². The Morgan fingerprint density at radius 2 is 1.52 bits per heavy atom. The highest BCUT2D eigenvalue weighted by Crippen LogP contribution is 2.23. The number of nitrogens with one attached hydrogen (secondary N) is 4. The van der Waals surface area contributed by atoms with Gasteiger partial charge in [-0.05, 0) is 51.3 Å². The van der Waals surface area contributed by atoms with E-state index < -0.39 is 41.2 Å². The van der Waals surface area contributed by atoms with E-state index in [1.165, 1.54) is 15.8 Å². The molecule has 4 N–H and O–H groups in total. The van der Waals surface area contributed by atoms with E-state index in [9.17, 15) is 24.0 Å². The molecule has 15 heteroatoms. The first kappa shape index (κ1) is 38.7. The minimum atomic E-state index is -0.854. The summed E-state index contributed by atoms with van der Waals surface area (Å²) < 4.78 is 11.9. The maximum absolute atomic E-state index is 13.9. The van der Waals surface area contributed by atoms with Gasteiger partial charge in [0.15, 0.2) is 11.2 Å². The van der Waals surface area contributed by atoms with Crippen molar-refractivity contribution in [1.82, 2.24) is 35.1 Å². The molecule has 5 rings (SSSR count). The second kappa shape index (κ2) is 17.3. The first-order valence-electron chi connectivity index (χ1n) is 17.3. The van der Waals surface area contributed by atoms with Gasteiger partial charge in [-0.3, -0.25) is 24.7 Å². The van der Waals surface area contributed by atoms with E-state index in [2.05, 4.69) is 30.9 Å². The summed E-state index contributed by atoms with van der Waals surface area (Å²) >= 11 is 0. The van der Waals surface area contributed by atoms with Crippen LogP contribution in [0.2, 0.25) is 0 Å². The SMILES string of the molecule is Cc1ccc(C(NC(=O)CN(CCNC(=O)OC(C)(C)C)C(=O)Cn2cnc3c(=O)[nH]c(NC(=O)OCc4ccccc4)nc32)c2ccc(C)cc2)cc1. The molecule has 0 aliphatic heterocycles. The predicted molar refractivity (Wildman–Crippen MR) is 202 cm³/mol. The fourth-order valence-corrected chi connectivity index (χ4v) is 5.39. The van der Waals surface area contributed by atoms with Gasteiger partial charge in [-0.25, -0.2) is 14.6 Å². The summed E-state index contributed by atoms with van der Waals surface area (Å²) in [5, 5.41) is 8.10. The molecule has 2 heterocycles. The van der Waals surface area contributed by atoms with Crippen molar-refractivity contribution in [1.29, 1.82) is 0 Å². The van der Waals surface area contributed by atoms with E-state index in [1.54, 1.807) is 32.9 Å². The Morgan fingerprint density at radius 3 is 2.13 bits per heavy atom. The van der Waals surface area contributed by atoms with Gasteiger partial charge in [0, 0.05) is 13.1 Å². The van der Waals surface area contributed by atoms with Crippen LogP contribution in [-0.4, -0.2) is 73.7 Å². The largest absolute Gasteiger partial charge is 0.444 e. The molecule has 0 spiro atoms. The van der Waals surface area contributed by atoms with Crippen LogP contribution in [0.5, 0.6) is 0 Å². The standard InChI is InChI=1S/C39H44N8O7/c1-25-11-15-28(16-12-25)32(29-17-13-26(2)14-18-29)42-30(48)21-46(20-19-40-37(51)54-39(3,4)5)31(49)22-47-24-41-33-34(47)43-36(44-35(33)50)45-38(52)53-23-27-9-7-6-8-10-27/h6-18,24,32H,19-23H2,1-5H3,(H,40,51)(H,42,48)(H2,43,44,45,50,52). The van der Waals surface area contributed by atoms with Crippen molar-refractivity contribution < 1.29 is 28.7 Å². The van der Waals surface area contributed by atoms with Gasteiger partial charge in [0.2, 0.25) is 17.8 Å². The molecular weight excluding hydrogens is 692 g/mol. The van der Waals surface area contributed by atoms with Crippen LogP contribution in [0.4, 0.5) is 15.5 Å². The number of rotatable bonds is 13. The lowest BCUT2D eigenvalue weighted by atomic mass is 9.97. The maximum atomic E-state index is 13.9. The van der Waals surface area contributed by atoms with Crippen molar-refractivity contribution in [2.24, 2.45) is 0 Å². The number of carbonyl (C=O) groups excluding carboxylic acids is 4. The zero-order valence-corrected chi connectivity index (χ0v) is 30.8. The highest BCUT2D eigenvalue weighted by molar-refractivity contribution is 5.86. The van der Waals surface area contributed by atoms with Crippen molar-refractivity contribution in [3.8, 4) is 0 Å². The number of aromatic nitrogens is 4. The molecule has 282 valence electrons. The van der Waals surface area contributed by atoms with Crippen LogP contribution in [0, 0.1) is 13.8 Å². The number of alkyl carbamates (subject to hydrolysis) is 1. The molecule has 0 aliphatic rings. The van der Waals surface area contributed by atoms with Crippen molar-refractivity contribution >= 4 is 41.1 Å². The van der Waals surface area contributed by atoms with E-state index in [4.69, 9.17) is 9.47 Å². The van der Waals surface area contributed by atoms with Gasteiger partial charge >= 0.3 is 12.2 Å². The average molecular weight is 737 g/mol. The van der Waals surface area contributed by atoms with Gasteiger partial charge in [-0.2, -0.15) is 4.98 Å². The third-order valence-electron chi connectivity index (χ3n) is 8.08. The molecule has 15 nitrogen and oxygen atoms in total. The summed E-state index contributed by atoms with van der Waals surface area (Å²) in [6, 6.07) is 24.2. The van der Waals surface area contributed by atoms with Gasteiger partial charge in [-0.15, -0.1) is 0 Å². The number of ether oxygens (including phenoxy) is 2. The van der Waals surface area contributed by atoms with Crippen LogP contribution in [0.1, 0.15) is 54.6 Å². The lowest BCUT2D eigenvalue weighted by molar-refractivity contribution is -0.136. The van der Waals surface area contributed by atoms with E-state index in [0.717, 1.165) is 27.8 Å². The predicted octanol–water partition coefficient (Wildman–Crippen LogP) is 4.74. The molecule has 0 bridgehead atoms. The zero-order valence-electron chi connectivity index (χ0n) is 30.8. The molecule has 0 saturated carbocycles. The topological polar surface area (TPSA) is 190 Å². The van der Waals surface area contributed by atoms with Gasteiger partial charge in [0.1, 0.15) is 18.8 Å². The fourth-order valence-electron chi connectivity index (χ4n) is 5.39. The van der Waals surface area contributed by atoms with Crippen LogP contribution in [0.25, 0.3) is 11.2 Å². The normalized spacial score (nSPS) is 11.2. The summed E-state index contributed by atoms with van der Waals surface area (Å²) in [4.78, 5) is 77.5. The maximum Gasteiger partial charge on any atom is 0.414 e. The number of hydrogen-bond donors (Lipinski definition) is 4. The first-order valence-corrected chi connectivity index (χ1v) is 17.3. The summed E-state index contributed by atoms with van der Waals surface area (Å²) in [6.45, 7) is 8.34. The number of benzene rings is 3. The summed E-state index contributed by atoms with van der Waals surface area (Å²) in [6.07, 6.45) is -0.262. The van der Waals surface area contributed by atoms with Crippen molar-refractivity contribution in [3.05, 3.63) is 123 Å². The molecule has 3 aromatic carbocycles. The van der Waals surface area contributed by atoms with Crippen molar-refractivity contribution in [2.45, 2.75) is 59.4 Å². The van der Waals surface area contributed by atoms with E-state index >= 15 is 0 Å². The summed E-state index contributed by atoms with van der Waals surface area (Å²) in [5.74, 6) is -1.19. The number of aryl methyl sites for hydroxylation is 2. The third kappa shape index (κ3) is 11.0. The molecule has 0 radical (unpaired) electrons. The molecule has 4 amide bonds. The number of hydrogen-bond acceptors (Lipinski definition) is 9. The number of anilines is 1. The van der Waals surface area contributed by atoms with Gasteiger partial charge in [-0.1, -0.05) is 90.0 Å². The minimum Gasteiger partial charge on any atom is -0.444 e. The van der Waals surface area contributed by atoms with Gasteiger partial charge < -0.3 is 29.6 Å². The Kier molecular flexibility index (Phi) is 12.4. The quantitative estimate of drug-likeness (QED) is 0.132. The minimum absolute atomic E-state index is 0.00539. The van der Waals surface area contributed by atoms with Crippen molar-refractivity contribution in [2.75, 3.05) is 25.0 Å². The smallest absolute Gasteiger partial charge is 0.414 e. The number of aromatic amines is 1. The monoisotopic (exact) mass is 736 g/mol. The van der Waals surface area contributed by atoms with Crippen LogP contribution >= 0.6 is 0 Å². The lowest BCUT2D eigenvalue weighted by Crippen LogP contribution is -2.46. The van der Waals surface area contributed by atoms with Crippen LogP contribution in [0.3, 0.4) is 0 Å². The van der Waals surface area contributed by atoms with E-state index in [0.29, 0.717) is 0 Å². The molecule has 2 aromatic heterocycles. The molecule has 0 atom stereocenters. The highest BCUT2D eigenvalue weighted by Gasteiger charge is 2.24. The number of carbonyl (C=O) groups is 4. The second-order valence-corrected chi connectivity index (χ2v) is 13.7. The first-order chi connectivity index (χ1) is 25.7. The number of H-pyrrole nitrogens is 1. The zero-order chi connectivity index (χ0) is 38.8. The Hall–Kier alpha value is -6.51.